The number of nitrogens with zero attached hydrogens (tertiary/aromatic N) is 1. The van der Waals surface area contributed by atoms with Crippen molar-refractivity contribution in [1.29, 1.82) is 0 Å². The third kappa shape index (κ3) is 0.787. The molecule has 0 radical (unpaired) electrons. The number of hydrogen-bond donors (Lipinski definition) is 0. The Labute approximate surface area is 55.1 Å². The first kappa shape index (κ1) is 5.45. The lowest BCUT2D eigenvalue weighted by atomic mass is 10.2. The standard InChI is InChI=1S/C7H11NO/c1-8-2-6-4-9-5-7(6)3-8/h2-5H2,1H3. The molecule has 2 heterocycles. The Kier molecular flexibility index (Phi) is 1.10. The van der Waals surface area contributed by atoms with Gasteiger partial charge in [0, 0.05) is 13.1 Å². The molecule has 2 rings (SSSR count). The molecular weight excluding hydrogens is 114 g/mol. The van der Waals surface area contributed by atoms with E-state index in [1.165, 1.54) is 11.1 Å². The molecule has 0 saturated carbocycles. The lowest BCUT2D eigenvalue weighted by Gasteiger charge is -2.08. The van der Waals surface area contributed by atoms with Crippen LogP contribution in [0.4, 0.5) is 0 Å². The first-order chi connectivity index (χ1) is 4.36. The summed E-state index contributed by atoms with van der Waals surface area (Å²) in [5, 5.41) is 0. The fraction of sp³-hybridized carbons (Fsp3) is 0.714. The molecule has 0 aromatic carbocycles. The summed E-state index contributed by atoms with van der Waals surface area (Å²) in [5.74, 6) is 0. The monoisotopic (exact) mass is 125 g/mol. The quantitative estimate of drug-likeness (QED) is 0.430. The smallest absolute Gasteiger partial charge is 0.0697 e. The SMILES string of the molecule is CN1CC2=C(COC2)C1. The predicted molar refractivity (Wildman–Crippen MR) is 35.3 cm³/mol. The molecule has 0 fully saturated rings. The van der Waals surface area contributed by atoms with Crippen molar-refractivity contribution < 1.29 is 4.74 Å². The highest BCUT2D eigenvalue weighted by Crippen LogP contribution is 2.21. The Balaban J connectivity index is 2.15. The largest absolute Gasteiger partial charge is 0.373 e. The average molecular weight is 125 g/mol. The molecule has 0 atom stereocenters. The van der Waals surface area contributed by atoms with Crippen molar-refractivity contribution in [2.45, 2.75) is 0 Å². The van der Waals surface area contributed by atoms with Gasteiger partial charge in [-0.1, -0.05) is 0 Å². The summed E-state index contributed by atoms with van der Waals surface area (Å²) in [6.07, 6.45) is 0. The lowest BCUT2D eigenvalue weighted by molar-refractivity contribution is 0.189. The van der Waals surface area contributed by atoms with Crippen LogP contribution in [0.5, 0.6) is 0 Å². The van der Waals surface area contributed by atoms with Crippen LogP contribution >= 0.6 is 0 Å². The van der Waals surface area contributed by atoms with Crippen molar-refractivity contribution in [2.24, 2.45) is 0 Å². The van der Waals surface area contributed by atoms with Gasteiger partial charge in [-0.25, -0.2) is 0 Å². The maximum absolute atomic E-state index is 5.26. The van der Waals surface area contributed by atoms with Crippen LogP contribution < -0.4 is 0 Å². The second kappa shape index (κ2) is 1.82. The minimum Gasteiger partial charge on any atom is -0.373 e. The summed E-state index contributed by atoms with van der Waals surface area (Å²) >= 11 is 0. The maximum Gasteiger partial charge on any atom is 0.0697 e. The molecule has 2 heteroatoms. The number of likely N-dealkylation sites (N-methyl/N-ethyl adjacent to an activating group) is 1. The second-order valence-corrected chi connectivity index (χ2v) is 2.87. The van der Waals surface area contributed by atoms with Crippen LogP contribution in [-0.2, 0) is 4.74 Å². The van der Waals surface area contributed by atoms with Crippen LogP contribution in [0, 0.1) is 0 Å². The van der Waals surface area contributed by atoms with E-state index in [1.54, 1.807) is 0 Å². The molecule has 2 aliphatic heterocycles. The topological polar surface area (TPSA) is 12.5 Å². The molecular formula is C7H11NO. The van der Waals surface area contributed by atoms with E-state index < -0.39 is 0 Å². The molecule has 2 aliphatic rings. The summed E-state index contributed by atoms with van der Waals surface area (Å²) in [6, 6.07) is 0. The van der Waals surface area contributed by atoms with Crippen LogP contribution in [0.2, 0.25) is 0 Å². The van der Waals surface area contributed by atoms with Crippen LogP contribution in [0.3, 0.4) is 0 Å². The normalized spacial score (nSPS) is 27.7. The zero-order valence-corrected chi connectivity index (χ0v) is 5.68. The highest BCUT2D eigenvalue weighted by atomic mass is 16.5. The fourth-order valence-electron chi connectivity index (χ4n) is 1.52. The zero-order chi connectivity index (χ0) is 6.27. The molecule has 0 aromatic rings. The van der Waals surface area contributed by atoms with Gasteiger partial charge in [0.2, 0.25) is 0 Å². The maximum atomic E-state index is 5.26. The highest BCUT2D eigenvalue weighted by Gasteiger charge is 2.22. The number of rotatable bonds is 0. The van der Waals surface area contributed by atoms with E-state index in [0.717, 1.165) is 26.3 Å². The van der Waals surface area contributed by atoms with Crippen LogP contribution in [0.15, 0.2) is 11.1 Å². The first-order valence-electron chi connectivity index (χ1n) is 3.32. The van der Waals surface area contributed by atoms with Gasteiger partial charge in [-0.3, -0.25) is 4.90 Å². The van der Waals surface area contributed by atoms with E-state index in [-0.39, 0.29) is 0 Å². The van der Waals surface area contributed by atoms with Gasteiger partial charge in [0.15, 0.2) is 0 Å². The molecule has 2 nitrogen and oxygen atoms in total. The Morgan fingerprint density at radius 1 is 1.22 bits per heavy atom. The van der Waals surface area contributed by atoms with E-state index in [4.69, 9.17) is 4.74 Å². The zero-order valence-electron chi connectivity index (χ0n) is 5.68. The van der Waals surface area contributed by atoms with Gasteiger partial charge >= 0.3 is 0 Å². The molecule has 0 unspecified atom stereocenters. The van der Waals surface area contributed by atoms with Gasteiger partial charge in [0.1, 0.15) is 0 Å². The van der Waals surface area contributed by atoms with E-state index in [2.05, 4.69) is 11.9 Å². The van der Waals surface area contributed by atoms with Gasteiger partial charge in [0.05, 0.1) is 13.2 Å². The minimum absolute atomic E-state index is 0.889. The number of hydrogen-bond acceptors (Lipinski definition) is 2. The van der Waals surface area contributed by atoms with Crippen LogP contribution in [0.1, 0.15) is 0 Å². The van der Waals surface area contributed by atoms with Crippen molar-refractivity contribution in [3.05, 3.63) is 11.1 Å². The summed E-state index contributed by atoms with van der Waals surface area (Å²) in [5.41, 5.74) is 3.05. The van der Waals surface area contributed by atoms with Crippen molar-refractivity contribution in [3.63, 3.8) is 0 Å². The molecule has 0 aliphatic carbocycles. The molecule has 0 spiro atoms. The van der Waals surface area contributed by atoms with Gasteiger partial charge in [0.25, 0.3) is 0 Å². The predicted octanol–water partition coefficient (Wildman–Crippen LogP) is 0.259. The second-order valence-electron chi connectivity index (χ2n) is 2.87. The average Bonchev–Trinajstić information content (AvgIpc) is 2.22. The van der Waals surface area contributed by atoms with Crippen molar-refractivity contribution >= 4 is 0 Å². The summed E-state index contributed by atoms with van der Waals surface area (Å²) < 4.78 is 5.26. The molecule has 9 heavy (non-hydrogen) atoms. The molecule has 0 bridgehead atoms. The summed E-state index contributed by atoms with van der Waals surface area (Å²) in [4.78, 5) is 2.33. The van der Waals surface area contributed by atoms with Crippen LogP contribution in [-0.4, -0.2) is 38.3 Å². The summed E-state index contributed by atoms with van der Waals surface area (Å²) in [6.45, 7) is 4.05. The number of ether oxygens (including phenoxy) is 1. The third-order valence-corrected chi connectivity index (χ3v) is 1.97. The lowest BCUT2D eigenvalue weighted by Crippen LogP contribution is -2.17. The fourth-order valence-corrected chi connectivity index (χ4v) is 1.52. The van der Waals surface area contributed by atoms with Gasteiger partial charge < -0.3 is 4.74 Å². The molecule has 0 aromatic heterocycles. The molecule has 50 valence electrons. The highest BCUT2D eigenvalue weighted by molar-refractivity contribution is 5.26. The van der Waals surface area contributed by atoms with Crippen molar-refractivity contribution in [2.75, 3.05) is 33.4 Å². The Bertz CT molecular complexity index is 146. The van der Waals surface area contributed by atoms with Crippen molar-refractivity contribution in [1.82, 2.24) is 4.90 Å². The van der Waals surface area contributed by atoms with E-state index in [1.807, 2.05) is 0 Å². The van der Waals surface area contributed by atoms with E-state index in [0.29, 0.717) is 0 Å². The van der Waals surface area contributed by atoms with Crippen LogP contribution in [0.25, 0.3) is 0 Å². The third-order valence-electron chi connectivity index (χ3n) is 1.97. The van der Waals surface area contributed by atoms with Gasteiger partial charge in [-0.2, -0.15) is 0 Å². The van der Waals surface area contributed by atoms with E-state index >= 15 is 0 Å². The van der Waals surface area contributed by atoms with Gasteiger partial charge in [-0.15, -0.1) is 0 Å². The van der Waals surface area contributed by atoms with Gasteiger partial charge in [-0.05, 0) is 18.2 Å². The Hall–Kier alpha value is -0.340. The minimum atomic E-state index is 0.889. The van der Waals surface area contributed by atoms with Crippen molar-refractivity contribution in [3.8, 4) is 0 Å². The molecule has 0 saturated heterocycles. The Morgan fingerprint density at radius 2 is 1.78 bits per heavy atom. The molecule has 0 N–H and O–H groups in total. The van der Waals surface area contributed by atoms with E-state index in [9.17, 15) is 0 Å². The summed E-state index contributed by atoms with van der Waals surface area (Å²) in [7, 11) is 2.15. The molecule has 0 amide bonds. The first-order valence-corrected chi connectivity index (χ1v) is 3.32. The Morgan fingerprint density at radius 3 is 2.33 bits per heavy atom.